The van der Waals surface area contributed by atoms with Crippen molar-refractivity contribution < 1.29 is 4.79 Å². The molecule has 4 heteroatoms. The van der Waals surface area contributed by atoms with E-state index in [4.69, 9.17) is 23.2 Å². The van der Waals surface area contributed by atoms with Crippen LogP contribution in [0.1, 0.15) is 19.3 Å². The second kappa shape index (κ2) is 5.56. The fraction of sp³-hybridized carbons (Fsp3) is 0.308. The number of hydrogen-bond donors (Lipinski definition) is 1. The standard InChI is InChI=1S/C13H13Cl2NO/c14-10-7-4-8-11(15)12(10)16-13(17)9-5-2-1-3-6-9/h1-2,4,7-9H,3,5-6H2,(H,16,17)/t9-/m0/s1. The normalized spacial score (nSPS) is 19.1. The third-order valence-electron chi connectivity index (χ3n) is 2.85. The topological polar surface area (TPSA) is 29.1 Å². The molecule has 17 heavy (non-hydrogen) atoms. The number of halogens is 2. The summed E-state index contributed by atoms with van der Waals surface area (Å²) >= 11 is 12.0. The number of amides is 1. The molecule has 0 saturated heterocycles. The lowest BCUT2D eigenvalue weighted by Crippen LogP contribution is -2.23. The zero-order valence-electron chi connectivity index (χ0n) is 9.25. The Kier molecular flexibility index (Phi) is 4.08. The maximum absolute atomic E-state index is 12.0. The van der Waals surface area contributed by atoms with Crippen LogP contribution in [0, 0.1) is 5.92 Å². The predicted octanol–water partition coefficient (Wildman–Crippen LogP) is 4.29. The molecule has 1 aliphatic carbocycles. The molecule has 2 rings (SSSR count). The number of carbonyl (C=O) groups excluding carboxylic acids is 1. The number of benzene rings is 1. The van der Waals surface area contributed by atoms with Crippen LogP contribution in [0.3, 0.4) is 0 Å². The summed E-state index contributed by atoms with van der Waals surface area (Å²) in [6.07, 6.45) is 6.76. The predicted molar refractivity (Wildman–Crippen MR) is 71.6 cm³/mol. The van der Waals surface area contributed by atoms with E-state index in [1.54, 1.807) is 18.2 Å². The van der Waals surface area contributed by atoms with E-state index in [-0.39, 0.29) is 11.8 Å². The number of anilines is 1. The van der Waals surface area contributed by atoms with E-state index in [0.717, 1.165) is 19.3 Å². The third-order valence-corrected chi connectivity index (χ3v) is 3.48. The fourth-order valence-electron chi connectivity index (χ4n) is 1.87. The molecular weight excluding hydrogens is 257 g/mol. The first-order valence-electron chi connectivity index (χ1n) is 5.58. The molecule has 0 spiro atoms. The SMILES string of the molecule is O=C(Nc1c(Cl)cccc1Cl)[C@H]1CC=CCC1. The highest BCUT2D eigenvalue weighted by atomic mass is 35.5. The summed E-state index contributed by atoms with van der Waals surface area (Å²) in [6.45, 7) is 0. The summed E-state index contributed by atoms with van der Waals surface area (Å²) < 4.78 is 0. The summed E-state index contributed by atoms with van der Waals surface area (Å²) in [5.41, 5.74) is 0.510. The van der Waals surface area contributed by atoms with Gasteiger partial charge in [0.25, 0.3) is 0 Å². The highest BCUT2D eigenvalue weighted by Crippen LogP contribution is 2.31. The number of rotatable bonds is 2. The average molecular weight is 270 g/mol. The van der Waals surface area contributed by atoms with Crippen LogP contribution in [-0.2, 0) is 4.79 Å². The molecule has 1 aromatic rings. The smallest absolute Gasteiger partial charge is 0.227 e. The summed E-state index contributed by atoms with van der Waals surface area (Å²) in [5, 5.41) is 3.75. The Morgan fingerprint density at radius 3 is 2.53 bits per heavy atom. The second-order valence-corrected chi connectivity index (χ2v) is 4.88. The highest BCUT2D eigenvalue weighted by Gasteiger charge is 2.20. The number of hydrogen-bond acceptors (Lipinski definition) is 1. The molecule has 1 amide bonds. The van der Waals surface area contributed by atoms with Gasteiger partial charge in [-0.2, -0.15) is 0 Å². The Bertz CT molecular complexity index is 436. The van der Waals surface area contributed by atoms with Crippen molar-refractivity contribution >= 4 is 34.8 Å². The maximum atomic E-state index is 12.0. The molecule has 0 radical (unpaired) electrons. The summed E-state index contributed by atoms with van der Waals surface area (Å²) in [5.74, 6) is 0.0108. The van der Waals surface area contributed by atoms with Crippen molar-refractivity contribution in [2.45, 2.75) is 19.3 Å². The first kappa shape index (κ1) is 12.5. The van der Waals surface area contributed by atoms with Crippen LogP contribution in [0.25, 0.3) is 0 Å². The van der Waals surface area contributed by atoms with Crippen molar-refractivity contribution in [3.05, 3.63) is 40.4 Å². The minimum absolute atomic E-state index is 0.00986. The summed E-state index contributed by atoms with van der Waals surface area (Å²) in [7, 11) is 0. The molecule has 2 nitrogen and oxygen atoms in total. The Morgan fingerprint density at radius 2 is 1.94 bits per heavy atom. The lowest BCUT2D eigenvalue weighted by molar-refractivity contribution is -0.120. The Balaban J connectivity index is 2.10. The second-order valence-electron chi connectivity index (χ2n) is 4.07. The Morgan fingerprint density at radius 1 is 1.24 bits per heavy atom. The van der Waals surface area contributed by atoms with Gasteiger partial charge >= 0.3 is 0 Å². The van der Waals surface area contributed by atoms with Gasteiger partial charge in [-0.05, 0) is 31.4 Å². The molecule has 1 aromatic carbocycles. The van der Waals surface area contributed by atoms with Gasteiger partial charge < -0.3 is 5.32 Å². The van der Waals surface area contributed by atoms with E-state index in [2.05, 4.69) is 11.4 Å². The molecule has 0 unspecified atom stereocenters. The Labute approximate surface area is 111 Å². The van der Waals surface area contributed by atoms with Crippen LogP contribution in [0.15, 0.2) is 30.4 Å². The minimum atomic E-state index is -0.00986. The molecule has 0 aromatic heterocycles. The van der Waals surface area contributed by atoms with E-state index in [1.165, 1.54) is 0 Å². The zero-order chi connectivity index (χ0) is 12.3. The van der Waals surface area contributed by atoms with Gasteiger partial charge in [0.15, 0.2) is 0 Å². The molecular formula is C13H13Cl2NO. The molecule has 0 saturated carbocycles. The van der Waals surface area contributed by atoms with Gasteiger partial charge in [-0.25, -0.2) is 0 Å². The van der Waals surface area contributed by atoms with Crippen molar-refractivity contribution in [3.63, 3.8) is 0 Å². The van der Waals surface area contributed by atoms with Crippen LogP contribution >= 0.6 is 23.2 Å². The highest BCUT2D eigenvalue weighted by molar-refractivity contribution is 6.39. The van der Waals surface area contributed by atoms with E-state index in [9.17, 15) is 4.79 Å². The zero-order valence-corrected chi connectivity index (χ0v) is 10.8. The van der Waals surface area contributed by atoms with Crippen molar-refractivity contribution in [1.29, 1.82) is 0 Å². The number of nitrogens with one attached hydrogen (secondary N) is 1. The quantitative estimate of drug-likeness (QED) is 0.798. The minimum Gasteiger partial charge on any atom is -0.323 e. The molecule has 0 fully saturated rings. The molecule has 1 N–H and O–H groups in total. The molecule has 0 heterocycles. The van der Waals surface area contributed by atoms with Crippen LogP contribution in [0.4, 0.5) is 5.69 Å². The largest absolute Gasteiger partial charge is 0.323 e. The van der Waals surface area contributed by atoms with Gasteiger partial charge in [0.2, 0.25) is 5.91 Å². The van der Waals surface area contributed by atoms with Gasteiger partial charge in [0, 0.05) is 5.92 Å². The van der Waals surface area contributed by atoms with Crippen LogP contribution in [0.5, 0.6) is 0 Å². The van der Waals surface area contributed by atoms with E-state index in [1.807, 2.05) is 6.08 Å². The first-order valence-corrected chi connectivity index (χ1v) is 6.34. The first-order chi connectivity index (χ1) is 8.18. The van der Waals surface area contributed by atoms with E-state index in [0.29, 0.717) is 15.7 Å². The van der Waals surface area contributed by atoms with Crippen LogP contribution in [0.2, 0.25) is 10.0 Å². The number of carbonyl (C=O) groups is 1. The average Bonchev–Trinajstić information content (AvgIpc) is 2.35. The van der Waals surface area contributed by atoms with Gasteiger partial charge in [-0.1, -0.05) is 41.4 Å². The Hall–Kier alpha value is -0.990. The van der Waals surface area contributed by atoms with Gasteiger partial charge in [0.05, 0.1) is 15.7 Å². The number of para-hydroxylation sites is 1. The van der Waals surface area contributed by atoms with Gasteiger partial charge in [-0.3, -0.25) is 4.79 Å². The monoisotopic (exact) mass is 269 g/mol. The maximum Gasteiger partial charge on any atom is 0.227 e. The lowest BCUT2D eigenvalue weighted by atomic mass is 9.93. The molecule has 1 atom stereocenters. The third kappa shape index (κ3) is 3.02. The van der Waals surface area contributed by atoms with Gasteiger partial charge in [0.1, 0.15) is 0 Å². The van der Waals surface area contributed by atoms with E-state index < -0.39 is 0 Å². The van der Waals surface area contributed by atoms with Crippen molar-refractivity contribution in [2.75, 3.05) is 5.32 Å². The van der Waals surface area contributed by atoms with Crippen molar-refractivity contribution in [3.8, 4) is 0 Å². The molecule has 90 valence electrons. The summed E-state index contributed by atoms with van der Waals surface area (Å²) in [6, 6.07) is 5.18. The van der Waals surface area contributed by atoms with Crippen molar-refractivity contribution in [1.82, 2.24) is 0 Å². The van der Waals surface area contributed by atoms with Crippen LogP contribution in [-0.4, -0.2) is 5.91 Å². The van der Waals surface area contributed by atoms with Crippen LogP contribution < -0.4 is 5.32 Å². The lowest BCUT2D eigenvalue weighted by Gasteiger charge is -2.18. The van der Waals surface area contributed by atoms with Crippen molar-refractivity contribution in [2.24, 2.45) is 5.92 Å². The van der Waals surface area contributed by atoms with Gasteiger partial charge in [-0.15, -0.1) is 0 Å². The van der Waals surface area contributed by atoms with E-state index >= 15 is 0 Å². The molecule has 1 aliphatic rings. The molecule has 0 bridgehead atoms. The fourth-order valence-corrected chi connectivity index (χ4v) is 2.37. The number of allylic oxidation sites excluding steroid dienone is 2. The molecule has 0 aliphatic heterocycles. The summed E-state index contributed by atoms with van der Waals surface area (Å²) in [4.78, 5) is 12.0.